The molecular formula is C27H25NO3. The van der Waals surface area contributed by atoms with Crippen molar-refractivity contribution >= 4 is 11.7 Å². The quantitative estimate of drug-likeness (QED) is 0.421. The van der Waals surface area contributed by atoms with E-state index in [1.807, 2.05) is 42.5 Å². The lowest BCUT2D eigenvalue weighted by atomic mass is 9.76. The Morgan fingerprint density at radius 1 is 1.00 bits per heavy atom. The van der Waals surface area contributed by atoms with Gasteiger partial charge in [-0.2, -0.15) is 0 Å². The molecule has 0 fully saturated rings. The van der Waals surface area contributed by atoms with Gasteiger partial charge in [0.05, 0.1) is 24.4 Å². The third-order valence-electron chi connectivity index (χ3n) is 6.29. The van der Waals surface area contributed by atoms with Crippen LogP contribution in [0.4, 0.5) is 5.69 Å². The van der Waals surface area contributed by atoms with E-state index >= 15 is 0 Å². The molecule has 4 heteroatoms. The second-order valence-corrected chi connectivity index (χ2v) is 8.08. The molecule has 0 amide bonds. The summed E-state index contributed by atoms with van der Waals surface area (Å²) in [5.74, 6) is 1.24. The molecule has 3 aromatic rings. The van der Waals surface area contributed by atoms with Crippen molar-refractivity contribution in [3.8, 4) is 5.75 Å². The number of rotatable bonds is 5. The van der Waals surface area contributed by atoms with Crippen LogP contribution in [0.25, 0.3) is 0 Å². The first-order valence-electron chi connectivity index (χ1n) is 10.7. The van der Waals surface area contributed by atoms with E-state index in [0.29, 0.717) is 24.0 Å². The summed E-state index contributed by atoms with van der Waals surface area (Å²) in [6.07, 6.45) is 5.54. The number of esters is 1. The minimum Gasteiger partial charge on any atom is -0.489 e. The minimum absolute atomic E-state index is 0.112. The standard InChI is InChI=1S/C27H25NO3/c1-30-27(29)24-12-6-11-23-21-9-5-10-22(21)25(28-26(23)24)19-13-15-20(16-14-19)31-17-18-7-3-2-4-8-18/h2-9,11-16,21-22,25,28H,10,17H2,1H3/t21-,22+,25+/m1/s1. The Labute approximate surface area is 182 Å². The Bertz CT molecular complexity index is 1110. The lowest BCUT2D eigenvalue weighted by molar-refractivity contribution is 0.0601. The first-order chi connectivity index (χ1) is 15.2. The first kappa shape index (κ1) is 19.4. The number of benzene rings is 3. The number of allylic oxidation sites excluding steroid dienone is 2. The number of methoxy groups -OCH3 is 1. The Balaban J connectivity index is 1.40. The molecule has 3 atom stereocenters. The zero-order valence-electron chi connectivity index (χ0n) is 17.5. The topological polar surface area (TPSA) is 47.6 Å². The van der Waals surface area contributed by atoms with Crippen LogP contribution in [-0.2, 0) is 11.3 Å². The number of nitrogens with one attached hydrogen (secondary N) is 1. The molecule has 156 valence electrons. The molecule has 4 nitrogen and oxygen atoms in total. The number of carbonyl (C=O) groups is 1. The zero-order valence-corrected chi connectivity index (χ0v) is 17.5. The van der Waals surface area contributed by atoms with Crippen molar-refractivity contribution in [1.29, 1.82) is 0 Å². The van der Waals surface area contributed by atoms with Crippen LogP contribution in [0.15, 0.2) is 84.9 Å². The van der Waals surface area contributed by atoms with Crippen LogP contribution in [0.3, 0.4) is 0 Å². The monoisotopic (exact) mass is 411 g/mol. The van der Waals surface area contributed by atoms with E-state index in [9.17, 15) is 4.79 Å². The first-order valence-corrected chi connectivity index (χ1v) is 10.7. The lowest BCUT2D eigenvalue weighted by Crippen LogP contribution is -2.30. The Morgan fingerprint density at radius 3 is 2.58 bits per heavy atom. The summed E-state index contributed by atoms with van der Waals surface area (Å²) < 4.78 is 11.0. The number of para-hydroxylation sites is 1. The fraction of sp³-hybridized carbons (Fsp3) is 0.222. The normalized spacial score (nSPS) is 21.0. The van der Waals surface area contributed by atoms with Gasteiger partial charge in [-0.1, -0.05) is 66.7 Å². The summed E-state index contributed by atoms with van der Waals surface area (Å²) in [6, 6.07) is 24.4. The van der Waals surface area contributed by atoms with E-state index in [2.05, 4.69) is 47.8 Å². The second-order valence-electron chi connectivity index (χ2n) is 8.08. The van der Waals surface area contributed by atoms with Crippen molar-refractivity contribution in [3.63, 3.8) is 0 Å². The van der Waals surface area contributed by atoms with Crippen LogP contribution in [0, 0.1) is 5.92 Å². The van der Waals surface area contributed by atoms with Gasteiger partial charge in [0.2, 0.25) is 0 Å². The van der Waals surface area contributed by atoms with Gasteiger partial charge in [-0.15, -0.1) is 0 Å². The summed E-state index contributed by atoms with van der Waals surface area (Å²) in [5.41, 5.74) is 4.98. The average molecular weight is 412 g/mol. The summed E-state index contributed by atoms with van der Waals surface area (Å²) in [4.78, 5) is 12.4. The van der Waals surface area contributed by atoms with Gasteiger partial charge >= 0.3 is 5.97 Å². The highest BCUT2D eigenvalue weighted by molar-refractivity contribution is 5.97. The third kappa shape index (κ3) is 3.70. The SMILES string of the molecule is COC(=O)c1cccc2c1N[C@@H](c1ccc(OCc3ccccc3)cc1)[C@H]1CC=C[C@@H]21. The van der Waals surface area contributed by atoms with Crippen molar-refractivity contribution in [2.75, 3.05) is 12.4 Å². The number of hydrogen-bond donors (Lipinski definition) is 1. The molecule has 0 saturated carbocycles. The van der Waals surface area contributed by atoms with Crippen LogP contribution >= 0.6 is 0 Å². The van der Waals surface area contributed by atoms with E-state index in [0.717, 1.165) is 23.4 Å². The molecule has 1 aliphatic carbocycles. The number of carbonyl (C=O) groups excluding carboxylic acids is 1. The highest BCUT2D eigenvalue weighted by Gasteiger charge is 2.39. The van der Waals surface area contributed by atoms with E-state index in [-0.39, 0.29) is 12.0 Å². The second kappa shape index (κ2) is 8.31. The molecule has 0 radical (unpaired) electrons. The van der Waals surface area contributed by atoms with E-state index in [1.165, 1.54) is 18.2 Å². The molecule has 3 aromatic carbocycles. The van der Waals surface area contributed by atoms with Crippen molar-refractivity contribution in [3.05, 3.63) is 107 Å². The van der Waals surface area contributed by atoms with E-state index < -0.39 is 0 Å². The zero-order chi connectivity index (χ0) is 21.2. The molecular weight excluding hydrogens is 386 g/mol. The number of ether oxygens (including phenoxy) is 2. The molecule has 1 N–H and O–H groups in total. The molecule has 0 saturated heterocycles. The highest BCUT2D eigenvalue weighted by Crippen LogP contribution is 2.50. The van der Waals surface area contributed by atoms with E-state index in [4.69, 9.17) is 9.47 Å². The van der Waals surface area contributed by atoms with Crippen LogP contribution < -0.4 is 10.1 Å². The van der Waals surface area contributed by atoms with Crippen molar-refractivity contribution in [1.82, 2.24) is 0 Å². The minimum atomic E-state index is -0.312. The van der Waals surface area contributed by atoms with Crippen molar-refractivity contribution < 1.29 is 14.3 Å². The Hall–Kier alpha value is -3.53. The summed E-state index contributed by atoms with van der Waals surface area (Å²) in [6.45, 7) is 0.548. The molecule has 31 heavy (non-hydrogen) atoms. The summed E-state index contributed by atoms with van der Waals surface area (Å²) >= 11 is 0. The molecule has 5 rings (SSSR count). The molecule has 1 aliphatic heterocycles. The van der Waals surface area contributed by atoms with Gasteiger partial charge in [0.1, 0.15) is 12.4 Å². The maximum atomic E-state index is 12.4. The maximum Gasteiger partial charge on any atom is 0.339 e. The summed E-state index contributed by atoms with van der Waals surface area (Å²) in [5, 5.41) is 3.66. The molecule has 0 spiro atoms. The van der Waals surface area contributed by atoms with Gasteiger partial charge < -0.3 is 14.8 Å². The summed E-state index contributed by atoms with van der Waals surface area (Å²) in [7, 11) is 1.43. The Morgan fingerprint density at radius 2 is 1.81 bits per heavy atom. The van der Waals surface area contributed by atoms with E-state index in [1.54, 1.807) is 0 Å². The fourth-order valence-corrected chi connectivity index (χ4v) is 4.74. The molecule has 0 unspecified atom stereocenters. The van der Waals surface area contributed by atoms with Gasteiger partial charge in [-0.05, 0) is 47.2 Å². The van der Waals surface area contributed by atoms with Crippen molar-refractivity contribution in [2.45, 2.75) is 25.0 Å². The highest BCUT2D eigenvalue weighted by atomic mass is 16.5. The fourth-order valence-electron chi connectivity index (χ4n) is 4.74. The smallest absolute Gasteiger partial charge is 0.339 e. The van der Waals surface area contributed by atoms with Gasteiger partial charge in [0, 0.05) is 5.92 Å². The lowest BCUT2D eigenvalue weighted by Gasteiger charge is -2.38. The van der Waals surface area contributed by atoms with Gasteiger partial charge in [0.15, 0.2) is 0 Å². The maximum absolute atomic E-state index is 12.4. The predicted molar refractivity (Wildman–Crippen MR) is 121 cm³/mol. The molecule has 0 bridgehead atoms. The third-order valence-corrected chi connectivity index (χ3v) is 6.29. The number of hydrogen-bond acceptors (Lipinski definition) is 4. The molecule has 0 aromatic heterocycles. The van der Waals surface area contributed by atoms with Gasteiger partial charge in [0.25, 0.3) is 0 Å². The van der Waals surface area contributed by atoms with Gasteiger partial charge in [-0.25, -0.2) is 4.79 Å². The predicted octanol–water partition coefficient (Wildman–Crippen LogP) is 5.88. The number of anilines is 1. The van der Waals surface area contributed by atoms with Crippen LogP contribution in [0.2, 0.25) is 0 Å². The number of fused-ring (bicyclic) bond motifs is 3. The molecule has 1 heterocycles. The van der Waals surface area contributed by atoms with Gasteiger partial charge in [-0.3, -0.25) is 0 Å². The Kier molecular flexibility index (Phi) is 5.21. The van der Waals surface area contributed by atoms with Crippen LogP contribution in [0.1, 0.15) is 45.4 Å². The van der Waals surface area contributed by atoms with Crippen LogP contribution in [-0.4, -0.2) is 13.1 Å². The largest absolute Gasteiger partial charge is 0.489 e. The molecule has 2 aliphatic rings. The average Bonchev–Trinajstić information content (AvgIpc) is 3.33. The van der Waals surface area contributed by atoms with Crippen LogP contribution in [0.5, 0.6) is 5.75 Å². The van der Waals surface area contributed by atoms with Crippen molar-refractivity contribution in [2.24, 2.45) is 5.92 Å².